The van der Waals surface area contributed by atoms with Crippen LogP contribution in [0.5, 0.6) is 0 Å². The molecule has 25 heavy (non-hydrogen) atoms. The molecule has 3 rings (SSSR count). The van der Waals surface area contributed by atoms with E-state index in [-0.39, 0.29) is 18.9 Å². The summed E-state index contributed by atoms with van der Waals surface area (Å²) < 4.78 is 8.29. The second-order valence-corrected chi connectivity index (χ2v) is 6.43. The van der Waals surface area contributed by atoms with E-state index in [0.717, 1.165) is 14.6 Å². The number of hydrogen-bond donors (Lipinski definition) is 1. The summed E-state index contributed by atoms with van der Waals surface area (Å²) in [5, 5.41) is 14.0. The fourth-order valence-corrected chi connectivity index (χ4v) is 2.57. The molecular formula is C16H15BrN4O4. The van der Waals surface area contributed by atoms with Crippen molar-refractivity contribution in [2.24, 2.45) is 7.05 Å². The van der Waals surface area contributed by atoms with E-state index < -0.39 is 17.4 Å². The molecule has 0 unspecified atom stereocenters. The maximum Gasteiger partial charge on any atom is 0.331 e. The molecule has 0 amide bonds. The molecule has 0 saturated heterocycles. The topological polar surface area (TPSA) is 103 Å². The molecule has 0 aliphatic carbocycles. The molecule has 0 saturated carbocycles. The van der Waals surface area contributed by atoms with Crippen molar-refractivity contribution in [2.75, 3.05) is 0 Å². The third-order valence-electron chi connectivity index (χ3n) is 3.67. The third-order valence-corrected chi connectivity index (χ3v) is 4.20. The lowest BCUT2D eigenvalue weighted by Crippen LogP contribution is -2.38. The van der Waals surface area contributed by atoms with Crippen LogP contribution in [0.4, 0.5) is 0 Å². The van der Waals surface area contributed by atoms with Crippen molar-refractivity contribution in [3.8, 4) is 0 Å². The van der Waals surface area contributed by atoms with Gasteiger partial charge in [-0.15, -0.1) is 0 Å². The average Bonchev–Trinajstić information content (AvgIpc) is 3.03. The summed E-state index contributed by atoms with van der Waals surface area (Å²) in [5.41, 5.74) is -0.192. The molecule has 2 heterocycles. The first-order valence-electron chi connectivity index (χ1n) is 7.45. The van der Waals surface area contributed by atoms with Crippen LogP contribution in [0.15, 0.2) is 55.1 Å². The predicted octanol–water partition coefficient (Wildman–Crippen LogP) is 1.02. The van der Waals surface area contributed by atoms with Crippen molar-refractivity contribution in [1.82, 2.24) is 19.3 Å². The van der Waals surface area contributed by atoms with Crippen LogP contribution in [0.1, 0.15) is 23.4 Å². The number of nitrogens with zero attached hydrogens (tertiary/aromatic N) is 4. The molecule has 1 atom stereocenters. The fraction of sp³-hybridized carbons (Fsp3) is 0.250. The Hall–Kier alpha value is -2.52. The highest BCUT2D eigenvalue weighted by molar-refractivity contribution is 9.10. The summed E-state index contributed by atoms with van der Waals surface area (Å²) in [6.07, 6.45) is 0.771. The van der Waals surface area contributed by atoms with Gasteiger partial charge in [0.15, 0.2) is 5.82 Å². The number of rotatable bonds is 5. The molecule has 130 valence electrons. The first-order chi connectivity index (χ1) is 11.9. The fourth-order valence-electron chi connectivity index (χ4n) is 2.31. The van der Waals surface area contributed by atoms with Crippen LogP contribution in [0, 0.1) is 0 Å². The van der Waals surface area contributed by atoms with Crippen molar-refractivity contribution < 1.29 is 9.63 Å². The Morgan fingerprint density at radius 2 is 1.96 bits per heavy atom. The lowest BCUT2D eigenvalue weighted by Gasteiger charge is -2.08. The number of halogens is 1. The third kappa shape index (κ3) is 3.94. The van der Waals surface area contributed by atoms with Gasteiger partial charge in [-0.1, -0.05) is 33.2 Å². The monoisotopic (exact) mass is 406 g/mol. The highest BCUT2D eigenvalue weighted by Crippen LogP contribution is 2.19. The van der Waals surface area contributed by atoms with Gasteiger partial charge in [0.05, 0.1) is 6.10 Å². The Bertz CT molecular complexity index is 990. The van der Waals surface area contributed by atoms with Crippen molar-refractivity contribution in [3.63, 3.8) is 0 Å². The molecule has 3 aromatic rings. The molecule has 0 spiro atoms. The SMILES string of the molecule is Cn1ccc(=O)n(Cc2nc(C[C@H](O)c3ccc(Br)cc3)no2)c1=O. The van der Waals surface area contributed by atoms with Gasteiger partial charge in [-0.2, -0.15) is 4.98 Å². The van der Waals surface area contributed by atoms with Crippen LogP contribution in [0.2, 0.25) is 0 Å². The number of benzene rings is 1. The molecule has 0 fully saturated rings. The summed E-state index contributed by atoms with van der Waals surface area (Å²) in [5.74, 6) is 0.426. The zero-order valence-electron chi connectivity index (χ0n) is 13.3. The van der Waals surface area contributed by atoms with Crippen LogP contribution >= 0.6 is 15.9 Å². The lowest BCUT2D eigenvalue weighted by atomic mass is 10.1. The number of aromatic nitrogens is 4. The second-order valence-electron chi connectivity index (χ2n) is 5.51. The number of aliphatic hydroxyl groups is 1. The van der Waals surface area contributed by atoms with Gasteiger partial charge in [-0.25, -0.2) is 4.79 Å². The van der Waals surface area contributed by atoms with Crippen LogP contribution in [-0.4, -0.2) is 24.4 Å². The van der Waals surface area contributed by atoms with Gasteiger partial charge in [-0.3, -0.25) is 9.36 Å². The molecule has 0 aliphatic rings. The first-order valence-corrected chi connectivity index (χ1v) is 8.25. The zero-order chi connectivity index (χ0) is 18.0. The largest absolute Gasteiger partial charge is 0.388 e. The quantitative estimate of drug-likeness (QED) is 0.678. The number of aliphatic hydroxyl groups excluding tert-OH is 1. The van der Waals surface area contributed by atoms with Gasteiger partial charge in [0.2, 0.25) is 5.89 Å². The Balaban J connectivity index is 1.75. The van der Waals surface area contributed by atoms with Gasteiger partial charge in [0.25, 0.3) is 5.56 Å². The summed E-state index contributed by atoms with van der Waals surface area (Å²) in [6.45, 7) is -0.117. The maximum atomic E-state index is 12.0. The van der Waals surface area contributed by atoms with E-state index in [9.17, 15) is 14.7 Å². The molecule has 0 bridgehead atoms. The summed E-state index contributed by atoms with van der Waals surface area (Å²) >= 11 is 3.34. The van der Waals surface area contributed by atoms with Gasteiger partial charge >= 0.3 is 5.69 Å². The Labute approximate surface area is 150 Å². The van der Waals surface area contributed by atoms with E-state index >= 15 is 0 Å². The molecule has 8 nitrogen and oxygen atoms in total. The van der Waals surface area contributed by atoms with Crippen LogP contribution < -0.4 is 11.2 Å². The normalized spacial score (nSPS) is 12.3. The molecule has 0 radical (unpaired) electrons. The van der Waals surface area contributed by atoms with Crippen LogP contribution in [0.3, 0.4) is 0 Å². The van der Waals surface area contributed by atoms with Gasteiger partial charge in [0.1, 0.15) is 6.54 Å². The van der Waals surface area contributed by atoms with E-state index in [1.807, 2.05) is 12.1 Å². The summed E-state index contributed by atoms with van der Waals surface area (Å²) in [7, 11) is 1.55. The minimum absolute atomic E-state index is 0.117. The zero-order valence-corrected chi connectivity index (χ0v) is 14.9. The molecule has 1 aromatic carbocycles. The molecule has 9 heteroatoms. The van der Waals surface area contributed by atoms with E-state index in [1.54, 1.807) is 19.2 Å². The van der Waals surface area contributed by atoms with Gasteiger partial charge in [-0.05, 0) is 17.7 Å². The summed E-state index contributed by atoms with van der Waals surface area (Å²) in [4.78, 5) is 27.9. The predicted molar refractivity (Wildman–Crippen MR) is 92.1 cm³/mol. The Morgan fingerprint density at radius 3 is 2.68 bits per heavy atom. The average molecular weight is 407 g/mol. The van der Waals surface area contributed by atoms with Crippen molar-refractivity contribution in [2.45, 2.75) is 19.1 Å². The van der Waals surface area contributed by atoms with E-state index in [2.05, 4.69) is 26.1 Å². The van der Waals surface area contributed by atoms with Crippen LogP contribution in [0.25, 0.3) is 0 Å². The van der Waals surface area contributed by atoms with Gasteiger partial charge in [0, 0.05) is 30.2 Å². The molecule has 2 aromatic heterocycles. The van der Waals surface area contributed by atoms with E-state index in [4.69, 9.17) is 4.52 Å². The molecular weight excluding hydrogens is 392 g/mol. The summed E-state index contributed by atoms with van der Waals surface area (Å²) in [6, 6.07) is 8.54. The smallest absolute Gasteiger partial charge is 0.331 e. The number of hydrogen-bond acceptors (Lipinski definition) is 6. The van der Waals surface area contributed by atoms with Crippen molar-refractivity contribution >= 4 is 15.9 Å². The Morgan fingerprint density at radius 1 is 1.24 bits per heavy atom. The molecule has 1 N–H and O–H groups in total. The van der Waals surface area contributed by atoms with Crippen LogP contribution in [-0.2, 0) is 20.0 Å². The standard InChI is InChI=1S/C16H15BrN4O4/c1-20-7-6-15(23)21(16(20)24)9-14-18-13(19-25-14)8-12(22)10-2-4-11(17)5-3-10/h2-7,12,22H,8-9H2,1H3/t12-/m0/s1. The van der Waals surface area contributed by atoms with E-state index in [1.165, 1.54) is 16.8 Å². The van der Waals surface area contributed by atoms with Gasteiger partial charge < -0.3 is 14.2 Å². The van der Waals surface area contributed by atoms with E-state index in [0.29, 0.717) is 5.82 Å². The minimum Gasteiger partial charge on any atom is -0.388 e. The first kappa shape index (κ1) is 17.3. The Kier molecular flexibility index (Phi) is 4.95. The highest BCUT2D eigenvalue weighted by Gasteiger charge is 2.15. The number of aryl methyl sites for hydroxylation is 1. The van der Waals surface area contributed by atoms with Crippen molar-refractivity contribution in [1.29, 1.82) is 0 Å². The van der Waals surface area contributed by atoms with Crippen molar-refractivity contribution in [3.05, 3.63) is 79.1 Å². The minimum atomic E-state index is -0.786. The second kappa shape index (κ2) is 7.16. The maximum absolute atomic E-state index is 12.0. The lowest BCUT2D eigenvalue weighted by molar-refractivity contribution is 0.174. The molecule has 0 aliphatic heterocycles. The highest BCUT2D eigenvalue weighted by atomic mass is 79.9.